The molecule has 1 saturated heterocycles. The third-order valence-electron chi connectivity index (χ3n) is 3.85. The van der Waals surface area contributed by atoms with Crippen molar-refractivity contribution in [2.75, 3.05) is 7.05 Å². The molecule has 0 saturated carbocycles. The summed E-state index contributed by atoms with van der Waals surface area (Å²) in [7, 11) is 3.55. The fraction of sp³-hybridized carbons (Fsp3) is 0.462. The van der Waals surface area contributed by atoms with Crippen LogP contribution in [0.25, 0.3) is 10.2 Å². The molecule has 1 aliphatic rings. The lowest BCUT2D eigenvalue weighted by Gasteiger charge is -2.38. The maximum absolute atomic E-state index is 12.0. The van der Waals surface area contributed by atoms with E-state index in [1.807, 2.05) is 25.6 Å². The number of fused-ring (bicyclic) bond motifs is 1. The lowest BCUT2D eigenvalue weighted by atomic mass is 9.93. The van der Waals surface area contributed by atoms with Gasteiger partial charge in [0.1, 0.15) is 4.83 Å². The average Bonchev–Trinajstić information content (AvgIpc) is 2.90. The number of guanidine groups is 1. The van der Waals surface area contributed by atoms with Gasteiger partial charge in [-0.05, 0) is 19.9 Å². The van der Waals surface area contributed by atoms with Crippen LogP contribution in [0.2, 0.25) is 0 Å². The molecule has 6 nitrogen and oxygen atoms in total. The first-order valence-electron chi connectivity index (χ1n) is 6.39. The zero-order valence-corrected chi connectivity index (χ0v) is 12.8. The molecule has 1 aliphatic heterocycles. The molecule has 7 heteroatoms. The molecule has 2 aromatic rings. The largest absolute Gasteiger partial charge is 0.345 e. The van der Waals surface area contributed by atoms with Crippen molar-refractivity contribution in [1.29, 1.82) is 5.41 Å². The molecule has 3 rings (SSSR count). The number of hydrogen-bond acceptors (Lipinski definition) is 4. The molecule has 0 radical (unpaired) electrons. The van der Waals surface area contributed by atoms with Crippen LogP contribution < -0.4 is 5.32 Å². The Morgan fingerprint density at radius 3 is 2.80 bits per heavy atom. The highest BCUT2D eigenvalue weighted by atomic mass is 32.1. The number of nitrogens with one attached hydrogen (secondary N) is 2. The normalized spacial score (nSPS) is 23.5. The number of aromatic nitrogens is 2. The van der Waals surface area contributed by atoms with Gasteiger partial charge in [-0.3, -0.25) is 19.8 Å². The number of carbonyl (C=O) groups is 1. The Kier molecular flexibility index (Phi) is 2.66. The summed E-state index contributed by atoms with van der Waals surface area (Å²) in [4.78, 5) is 15.5. The van der Waals surface area contributed by atoms with E-state index in [9.17, 15) is 4.79 Å². The number of carbonyl (C=O) groups excluding carboxylic acids is 1. The summed E-state index contributed by atoms with van der Waals surface area (Å²) in [6.45, 7) is 3.95. The SMILES string of the molecule is Cc1nn(C)c2sc(C3(C)CC(=O)N(C)C(=N)N3)cc12. The highest BCUT2D eigenvalue weighted by molar-refractivity contribution is 7.18. The quantitative estimate of drug-likeness (QED) is 0.837. The molecular formula is C13H17N5OS. The van der Waals surface area contributed by atoms with Gasteiger partial charge in [0, 0.05) is 24.4 Å². The zero-order chi connectivity index (χ0) is 14.7. The summed E-state index contributed by atoms with van der Waals surface area (Å²) >= 11 is 1.63. The first-order chi connectivity index (χ1) is 9.32. The van der Waals surface area contributed by atoms with Crippen molar-refractivity contribution in [2.24, 2.45) is 7.05 Å². The van der Waals surface area contributed by atoms with Crippen molar-refractivity contribution in [3.63, 3.8) is 0 Å². The van der Waals surface area contributed by atoms with E-state index in [1.54, 1.807) is 18.4 Å². The molecule has 2 aromatic heterocycles. The van der Waals surface area contributed by atoms with Crippen molar-refractivity contribution in [2.45, 2.75) is 25.8 Å². The summed E-state index contributed by atoms with van der Waals surface area (Å²) in [5.41, 5.74) is 0.472. The van der Waals surface area contributed by atoms with Gasteiger partial charge in [-0.25, -0.2) is 0 Å². The molecule has 0 aliphatic carbocycles. The maximum Gasteiger partial charge on any atom is 0.231 e. The molecule has 1 atom stereocenters. The van der Waals surface area contributed by atoms with Crippen molar-refractivity contribution in [1.82, 2.24) is 20.0 Å². The second-order valence-electron chi connectivity index (χ2n) is 5.47. The molecule has 1 fully saturated rings. The van der Waals surface area contributed by atoms with Crippen LogP contribution in [0.15, 0.2) is 6.07 Å². The van der Waals surface area contributed by atoms with Gasteiger partial charge >= 0.3 is 0 Å². The second-order valence-corrected chi connectivity index (χ2v) is 6.50. The molecule has 0 bridgehead atoms. The molecule has 106 valence electrons. The van der Waals surface area contributed by atoms with Crippen molar-refractivity contribution in [3.05, 3.63) is 16.6 Å². The minimum atomic E-state index is -0.517. The summed E-state index contributed by atoms with van der Waals surface area (Å²) in [6.07, 6.45) is 0.352. The van der Waals surface area contributed by atoms with Gasteiger partial charge in [0.05, 0.1) is 17.7 Å². The maximum atomic E-state index is 12.0. The van der Waals surface area contributed by atoms with E-state index in [1.165, 1.54) is 4.90 Å². The van der Waals surface area contributed by atoms with Gasteiger partial charge in [0.15, 0.2) is 5.96 Å². The van der Waals surface area contributed by atoms with E-state index in [-0.39, 0.29) is 11.9 Å². The zero-order valence-electron chi connectivity index (χ0n) is 11.9. The Morgan fingerprint density at radius 1 is 1.50 bits per heavy atom. The molecule has 2 N–H and O–H groups in total. The molecular weight excluding hydrogens is 274 g/mol. The predicted molar refractivity (Wildman–Crippen MR) is 78.9 cm³/mol. The highest BCUT2D eigenvalue weighted by Crippen LogP contribution is 2.37. The van der Waals surface area contributed by atoms with Crippen LogP contribution in [0.1, 0.15) is 23.9 Å². The molecule has 1 unspecified atom stereocenters. The Morgan fingerprint density at radius 2 is 2.20 bits per heavy atom. The number of hydrogen-bond donors (Lipinski definition) is 2. The van der Waals surface area contributed by atoms with Gasteiger partial charge in [-0.2, -0.15) is 5.10 Å². The van der Waals surface area contributed by atoms with E-state index >= 15 is 0 Å². The monoisotopic (exact) mass is 291 g/mol. The van der Waals surface area contributed by atoms with Crippen LogP contribution in [0.5, 0.6) is 0 Å². The Hall–Kier alpha value is -1.89. The molecule has 20 heavy (non-hydrogen) atoms. The molecule has 0 spiro atoms. The number of thiophene rings is 1. The lowest BCUT2D eigenvalue weighted by Crippen LogP contribution is -2.57. The second kappa shape index (κ2) is 4.05. The third kappa shape index (κ3) is 1.73. The minimum absolute atomic E-state index is 0.0384. The number of rotatable bonds is 1. The van der Waals surface area contributed by atoms with Gasteiger partial charge < -0.3 is 5.32 Å². The first kappa shape index (κ1) is 13.1. The van der Waals surface area contributed by atoms with E-state index in [0.29, 0.717) is 6.42 Å². The van der Waals surface area contributed by atoms with Crippen molar-refractivity contribution < 1.29 is 4.79 Å². The smallest absolute Gasteiger partial charge is 0.231 e. The van der Waals surface area contributed by atoms with Gasteiger partial charge in [-0.15, -0.1) is 11.3 Å². The average molecular weight is 291 g/mol. The van der Waals surface area contributed by atoms with Gasteiger partial charge in [-0.1, -0.05) is 0 Å². The number of nitrogens with zero attached hydrogens (tertiary/aromatic N) is 3. The fourth-order valence-corrected chi connectivity index (χ4v) is 3.78. The Bertz CT molecular complexity index is 676. The molecule has 1 amide bonds. The van der Waals surface area contributed by atoms with Crippen molar-refractivity contribution in [3.8, 4) is 0 Å². The Balaban J connectivity index is 2.07. The van der Waals surface area contributed by atoms with Crippen LogP contribution in [0.3, 0.4) is 0 Å². The van der Waals surface area contributed by atoms with Crippen LogP contribution in [0.4, 0.5) is 0 Å². The van der Waals surface area contributed by atoms with E-state index in [0.717, 1.165) is 20.8 Å². The molecule has 0 aromatic carbocycles. The van der Waals surface area contributed by atoms with Gasteiger partial charge in [0.25, 0.3) is 0 Å². The fourth-order valence-electron chi connectivity index (χ4n) is 2.56. The summed E-state index contributed by atoms with van der Waals surface area (Å²) in [5.74, 6) is 0.111. The first-order valence-corrected chi connectivity index (χ1v) is 7.20. The van der Waals surface area contributed by atoms with Crippen LogP contribution in [0, 0.1) is 12.3 Å². The lowest BCUT2D eigenvalue weighted by molar-refractivity contribution is -0.129. The standard InChI is InChI=1S/C13H17N5OS/c1-7-8-5-9(20-11(8)18(4)16-7)13(2)6-10(19)17(3)12(14)15-13/h5H,6H2,1-4H3,(H2,14,15). The summed E-state index contributed by atoms with van der Waals surface area (Å²) < 4.78 is 1.87. The van der Waals surface area contributed by atoms with E-state index < -0.39 is 5.54 Å². The minimum Gasteiger partial charge on any atom is -0.345 e. The topological polar surface area (TPSA) is 74.0 Å². The number of amides is 1. The van der Waals surface area contributed by atoms with E-state index in [2.05, 4.69) is 16.5 Å². The van der Waals surface area contributed by atoms with E-state index in [4.69, 9.17) is 5.41 Å². The Labute approximate surface area is 120 Å². The predicted octanol–water partition coefficient (Wildman–Crippen LogP) is 1.54. The summed E-state index contributed by atoms with van der Waals surface area (Å²) in [6, 6.07) is 2.08. The number of aryl methyl sites for hydroxylation is 2. The molecule has 3 heterocycles. The summed E-state index contributed by atoms with van der Waals surface area (Å²) in [5, 5.41) is 16.6. The third-order valence-corrected chi connectivity index (χ3v) is 5.31. The van der Waals surface area contributed by atoms with Crippen LogP contribution in [-0.4, -0.2) is 33.6 Å². The highest BCUT2D eigenvalue weighted by Gasteiger charge is 2.39. The van der Waals surface area contributed by atoms with Crippen LogP contribution >= 0.6 is 11.3 Å². The van der Waals surface area contributed by atoms with Gasteiger partial charge in [0.2, 0.25) is 5.91 Å². The van der Waals surface area contributed by atoms with Crippen molar-refractivity contribution >= 4 is 33.4 Å². The van der Waals surface area contributed by atoms with Crippen LogP contribution in [-0.2, 0) is 17.4 Å².